The van der Waals surface area contributed by atoms with Crippen molar-refractivity contribution in [1.29, 1.82) is 0 Å². The van der Waals surface area contributed by atoms with Crippen molar-refractivity contribution in [3.63, 3.8) is 0 Å². The number of imidazole rings is 1. The van der Waals surface area contributed by atoms with Crippen molar-refractivity contribution in [3.8, 4) is 5.69 Å². The van der Waals surface area contributed by atoms with E-state index in [2.05, 4.69) is 43.2 Å². The predicted molar refractivity (Wildman–Crippen MR) is 82.4 cm³/mol. The summed E-state index contributed by atoms with van der Waals surface area (Å²) in [5.74, 6) is 0. The van der Waals surface area contributed by atoms with Gasteiger partial charge in [-0.2, -0.15) is 0 Å². The number of anilines is 1. The molecule has 0 radical (unpaired) electrons. The number of hydrogen-bond donors (Lipinski definition) is 1. The minimum absolute atomic E-state index is 0.129. The largest absolute Gasteiger partial charge is 0.381 e. The molecule has 0 aliphatic carbocycles. The first-order chi connectivity index (χ1) is 9.52. The van der Waals surface area contributed by atoms with E-state index in [9.17, 15) is 0 Å². The minimum atomic E-state index is -0.129. The lowest BCUT2D eigenvalue weighted by molar-refractivity contribution is 0.0128. The molecule has 2 rings (SSSR count). The van der Waals surface area contributed by atoms with Gasteiger partial charge >= 0.3 is 0 Å². The maximum atomic E-state index is 5.49. The zero-order valence-electron chi connectivity index (χ0n) is 12.6. The Morgan fingerprint density at radius 3 is 2.75 bits per heavy atom. The van der Waals surface area contributed by atoms with Crippen molar-refractivity contribution < 1.29 is 4.74 Å². The topological polar surface area (TPSA) is 39.1 Å². The summed E-state index contributed by atoms with van der Waals surface area (Å²) in [5, 5.41) is 3.56. The van der Waals surface area contributed by atoms with Crippen LogP contribution in [0.15, 0.2) is 43.0 Å². The van der Waals surface area contributed by atoms with E-state index in [1.54, 1.807) is 13.3 Å². The van der Waals surface area contributed by atoms with Gasteiger partial charge in [0, 0.05) is 25.5 Å². The Balaban J connectivity index is 2.14. The number of nitrogens with zero attached hydrogens (tertiary/aromatic N) is 2. The van der Waals surface area contributed by atoms with E-state index in [0.717, 1.165) is 17.8 Å². The third-order valence-corrected chi connectivity index (χ3v) is 3.44. The molecule has 4 nitrogen and oxygen atoms in total. The Kier molecular flexibility index (Phi) is 4.45. The number of methoxy groups -OCH3 is 1. The van der Waals surface area contributed by atoms with Crippen LogP contribution < -0.4 is 5.32 Å². The Morgan fingerprint density at radius 2 is 2.10 bits per heavy atom. The van der Waals surface area contributed by atoms with Crippen LogP contribution in [0.4, 0.5) is 5.69 Å². The summed E-state index contributed by atoms with van der Waals surface area (Å²) in [6, 6.07) is 8.56. The highest BCUT2D eigenvalue weighted by atomic mass is 16.5. The molecule has 108 valence electrons. The fraction of sp³-hybridized carbons (Fsp3) is 0.438. The second-order valence-electron chi connectivity index (χ2n) is 5.70. The predicted octanol–water partition coefficient (Wildman–Crippen LogP) is 3.49. The lowest BCUT2D eigenvalue weighted by Gasteiger charge is -2.28. The summed E-state index contributed by atoms with van der Waals surface area (Å²) in [4.78, 5) is 4.11. The van der Waals surface area contributed by atoms with Gasteiger partial charge in [0.2, 0.25) is 0 Å². The van der Waals surface area contributed by atoms with Gasteiger partial charge in [-0.1, -0.05) is 12.1 Å². The molecule has 1 atom stereocenters. The van der Waals surface area contributed by atoms with Gasteiger partial charge in [-0.05, 0) is 39.3 Å². The third kappa shape index (κ3) is 3.61. The van der Waals surface area contributed by atoms with Gasteiger partial charge in [-0.15, -0.1) is 0 Å². The van der Waals surface area contributed by atoms with Crippen LogP contribution in [-0.2, 0) is 4.74 Å². The molecule has 0 saturated heterocycles. The SMILES string of the molecule is COC(C)(C)CC(C)Nc1ccccc1-n1ccnc1. The molecule has 1 aromatic carbocycles. The molecule has 4 heteroatoms. The van der Waals surface area contributed by atoms with E-state index in [0.29, 0.717) is 6.04 Å². The first kappa shape index (κ1) is 14.6. The van der Waals surface area contributed by atoms with Crippen molar-refractivity contribution >= 4 is 5.69 Å². The molecule has 0 spiro atoms. The second kappa shape index (κ2) is 6.09. The Morgan fingerprint density at radius 1 is 1.35 bits per heavy atom. The maximum absolute atomic E-state index is 5.49. The number of benzene rings is 1. The summed E-state index contributed by atoms with van der Waals surface area (Å²) in [7, 11) is 1.76. The summed E-state index contributed by atoms with van der Waals surface area (Å²) in [5.41, 5.74) is 2.08. The first-order valence-corrected chi connectivity index (χ1v) is 6.91. The smallest absolute Gasteiger partial charge is 0.0992 e. The number of aromatic nitrogens is 2. The molecule has 1 unspecified atom stereocenters. The highest BCUT2D eigenvalue weighted by Gasteiger charge is 2.20. The monoisotopic (exact) mass is 273 g/mol. The summed E-state index contributed by atoms with van der Waals surface area (Å²) in [6.07, 6.45) is 6.48. The van der Waals surface area contributed by atoms with Gasteiger partial charge < -0.3 is 14.6 Å². The fourth-order valence-corrected chi connectivity index (χ4v) is 2.36. The zero-order chi connectivity index (χ0) is 14.6. The number of nitrogens with one attached hydrogen (secondary N) is 1. The van der Waals surface area contributed by atoms with Crippen molar-refractivity contribution in [2.75, 3.05) is 12.4 Å². The van der Waals surface area contributed by atoms with Crippen LogP contribution in [0.3, 0.4) is 0 Å². The Hall–Kier alpha value is -1.81. The number of ether oxygens (including phenoxy) is 1. The van der Waals surface area contributed by atoms with Gasteiger partial charge in [0.1, 0.15) is 0 Å². The zero-order valence-corrected chi connectivity index (χ0v) is 12.6. The summed E-state index contributed by atoms with van der Waals surface area (Å²) >= 11 is 0. The van der Waals surface area contributed by atoms with Crippen LogP contribution in [0, 0.1) is 0 Å². The summed E-state index contributed by atoms with van der Waals surface area (Å²) < 4.78 is 7.50. The molecule has 20 heavy (non-hydrogen) atoms. The average molecular weight is 273 g/mol. The standard InChI is InChI=1S/C16H23N3O/c1-13(11-16(2,3)20-4)18-14-7-5-6-8-15(14)19-10-9-17-12-19/h5-10,12-13,18H,11H2,1-4H3. The normalized spacial score (nSPS) is 13.2. The number of rotatable bonds is 6. The first-order valence-electron chi connectivity index (χ1n) is 6.91. The Bertz CT molecular complexity index is 534. The van der Waals surface area contributed by atoms with Crippen molar-refractivity contribution in [2.45, 2.75) is 38.8 Å². The lowest BCUT2D eigenvalue weighted by Crippen LogP contribution is -2.31. The Labute approximate surface area is 120 Å². The van der Waals surface area contributed by atoms with Crippen LogP contribution in [0.2, 0.25) is 0 Å². The third-order valence-electron chi connectivity index (χ3n) is 3.44. The van der Waals surface area contributed by atoms with Gasteiger partial charge in [-0.25, -0.2) is 4.98 Å². The van der Waals surface area contributed by atoms with Crippen LogP contribution >= 0.6 is 0 Å². The fourth-order valence-electron chi connectivity index (χ4n) is 2.36. The average Bonchev–Trinajstić information content (AvgIpc) is 2.92. The molecule has 0 amide bonds. The van der Waals surface area contributed by atoms with Gasteiger partial charge in [-0.3, -0.25) is 0 Å². The van der Waals surface area contributed by atoms with Crippen LogP contribution in [0.5, 0.6) is 0 Å². The van der Waals surface area contributed by atoms with Crippen molar-refractivity contribution in [1.82, 2.24) is 9.55 Å². The molecule has 0 aliphatic heterocycles. The van der Waals surface area contributed by atoms with E-state index >= 15 is 0 Å². The van der Waals surface area contributed by atoms with Crippen LogP contribution in [-0.4, -0.2) is 28.3 Å². The van der Waals surface area contributed by atoms with E-state index in [-0.39, 0.29) is 5.60 Å². The van der Waals surface area contributed by atoms with E-state index in [1.807, 2.05) is 29.2 Å². The number of para-hydroxylation sites is 2. The number of hydrogen-bond acceptors (Lipinski definition) is 3. The molecule has 1 N–H and O–H groups in total. The lowest BCUT2D eigenvalue weighted by atomic mass is 9.99. The molecule has 1 heterocycles. The minimum Gasteiger partial charge on any atom is -0.381 e. The molecule has 2 aromatic rings. The molecular formula is C16H23N3O. The molecular weight excluding hydrogens is 250 g/mol. The molecule has 0 fully saturated rings. The van der Waals surface area contributed by atoms with Gasteiger partial charge in [0.25, 0.3) is 0 Å². The van der Waals surface area contributed by atoms with Crippen LogP contribution in [0.25, 0.3) is 5.69 Å². The van der Waals surface area contributed by atoms with Crippen molar-refractivity contribution in [3.05, 3.63) is 43.0 Å². The molecule has 1 aromatic heterocycles. The molecule has 0 aliphatic rings. The van der Waals surface area contributed by atoms with Gasteiger partial charge in [0.15, 0.2) is 0 Å². The van der Waals surface area contributed by atoms with E-state index in [4.69, 9.17) is 4.74 Å². The van der Waals surface area contributed by atoms with Crippen molar-refractivity contribution in [2.24, 2.45) is 0 Å². The maximum Gasteiger partial charge on any atom is 0.0992 e. The highest BCUT2D eigenvalue weighted by Crippen LogP contribution is 2.23. The molecule has 0 saturated carbocycles. The molecule has 0 bridgehead atoms. The summed E-state index contributed by atoms with van der Waals surface area (Å²) in [6.45, 7) is 6.38. The second-order valence-corrected chi connectivity index (χ2v) is 5.70. The quantitative estimate of drug-likeness (QED) is 0.875. The van der Waals surface area contributed by atoms with E-state index < -0.39 is 0 Å². The highest BCUT2D eigenvalue weighted by molar-refractivity contribution is 5.61. The van der Waals surface area contributed by atoms with Gasteiger partial charge in [0.05, 0.1) is 23.3 Å². The van der Waals surface area contributed by atoms with Crippen LogP contribution in [0.1, 0.15) is 27.2 Å². The van der Waals surface area contributed by atoms with E-state index in [1.165, 1.54) is 0 Å².